The molecule has 2 N–H and O–H groups in total. The van der Waals surface area contributed by atoms with Crippen LogP contribution in [0.3, 0.4) is 0 Å². The molecule has 0 saturated carbocycles. The average molecular weight is 420 g/mol. The van der Waals surface area contributed by atoms with Gasteiger partial charge in [0.1, 0.15) is 0 Å². The first kappa shape index (κ1) is 20.5. The van der Waals surface area contributed by atoms with Crippen molar-refractivity contribution in [1.82, 2.24) is 9.58 Å². The molecule has 4 aromatic rings. The summed E-state index contributed by atoms with van der Waals surface area (Å²) in [7, 11) is 2.17. The maximum atomic E-state index is 13.4. The number of carbonyl (C=O) groups is 1. The molecule has 0 aliphatic carbocycles. The van der Waals surface area contributed by atoms with E-state index >= 15 is 0 Å². The summed E-state index contributed by atoms with van der Waals surface area (Å²) in [4.78, 5) is 15.8. The molecule has 0 amide bonds. The van der Waals surface area contributed by atoms with Crippen LogP contribution in [0.25, 0.3) is 21.7 Å². The fourth-order valence-corrected chi connectivity index (χ4v) is 4.65. The number of piperidine rings is 1. The molecule has 1 saturated heterocycles. The Kier molecular flexibility index (Phi) is 5.54. The number of nitrogen functional groups attached to an aromatic ring is 1. The highest BCUT2D eigenvalue weighted by atomic mass is 35.5. The zero-order valence-electron chi connectivity index (χ0n) is 17.0. The third-order valence-corrected chi connectivity index (χ3v) is 6.32. The number of ketones is 1. The Hall–Kier alpha value is -2.82. The summed E-state index contributed by atoms with van der Waals surface area (Å²) in [5.74, 6) is 6.79. The van der Waals surface area contributed by atoms with Gasteiger partial charge in [-0.15, -0.1) is 12.4 Å². The van der Waals surface area contributed by atoms with Gasteiger partial charge >= 0.3 is 0 Å². The second-order valence-corrected chi connectivity index (χ2v) is 8.16. The molecule has 2 heterocycles. The summed E-state index contributed by atoms with van der Waals surface area (Å²) in [6, 6.07) is 19.9. The van der Waals surface area contributed by atoms with Crippen molar-refractivity contribution < 1.29 is 4.79 Å². The van der Waals surface area contributed by atoms with Gasteiger partial charge in [-0.1, -0.05) is 42.5 Å². The smallest absolute Gasteiger partial charge is 0.193 e. The van der Waals surface area contributed by atoms with Gasteiger partial charge in [-0.25, -0.2) is 0 Å². The SMILES string of the molecule is CN1CCC(c2cn(N)c3ccc(C(=O)c4cccc5ccccc45)cc23)CC1.Cl. The lowest BCUT2D eigenvalue weighted by Crippen LogP contribution is -2.29. The van der Waals surface area contributed by atoms with Gasteiger partial charge in [-0.05, 0) is 73.4 Å². The number of likely N-dealkylation sites (tertiary alicyclic amines) is 1. The number of nitrogens with two attached hydrogens (primary N) is 1. The topological polar surface area (TPSA) is 51.3 Å². The molecule has 5 rings (SSSR count). The predicted molar refractivity (Wildman–Crippen MR) is 126 cm³/mol. The summed E-state index contributed by atoms with van der Waals surface area (Å²) in [6.07, 6.45) is 4.29. The molecule has 5 heteroatoms. The van der Waals surface area contributed by atoms with Gasteiger partial charge in [0.25, 0.3) is 0 Å². The van der Waals surface area contributed by atoms with Crippen LogP contribution in [0.2, 0.25) is 0 Å². The summed E-state index contributed by atoms with van der Waals surface area (Å²) in [6.45, 7) is 2.19. The van der Waals surface area contributed by atoms with Crippen LogP contribution in [0, 0.1) is 0 Å². The van der Waals surface area contributed by atoms with Crippen LogP contribution in [-0.2, 0) is 0 Å². The van der Waals surface area contributed by atoms with Crippen LogP contribution in [0.15, 0.2) is 66.9 Å². The monoisotopic (exact) mass is 419 g/mol. The number of rotatable bonds is 3. The molecule has 0 bridgehead atoms. The van der Waals surface area contributed by atoms with Crippen LogP contribution in [0.1, 0.15) is 40.2 Å². The van der Waals surface area contributed by atoms with E-state index in [2.05, 4.69) is 11.9 Å². The molecule has 0 atom stereocenters. The normalized spacial score (nSPS) is 15.4. The van der Waals surface area contributed by atoms with E-state index in [-0.39, 0.29) is 18.2 Å². The third kappa shape index (κ3) is 3.47. The van der Waals surface area contributed by atoms with Gasteiger partial charge < -0.3 is 10.7 Å². The zero-order valence-corrected chi connectivity index (χ0v) is 17.9. The quantitative estimate of drug-likeness (QED) is 0.376. The number of aromatic nitrogens is 1. The van der Waals surface area contributed by atoms with Crippen molar-refractivity contribution in [3.8, 4) is 0 Å². The van der Waals surface area contributed by atoms with E-state index in [4.69, 9.17) is 5.84 Å². The van der Waals surface area contributed by atoms with E-state index in [1.807, 2.05) is 66.9 Å². The molecule has 0 radical (unpaired) electrons. The Bertz CT molecular complexity index is 1220. The van der Waals surface area contributed by atoms with Gasteiger partial charge in [-0.2, -0.15) is 0 Å². The molecule has 154 valence electrons. The van der Waals surface area contributed by atoms with Crippen molar-refractivity contribution in [2.75, 3.05) is 26.0 Å². The van der Waals surface area contributed by atoms with Crippen molar-refractivity contribution in [1.29, 1.82) is 0 Å². The fraction of sp³-hybridized carbons (Fsp3) is 0.240. The molecule has 1 aliphatic rings. The predicted octanol–water partition coefficient (Wildman–Crippen LogP) is 4.97. The molecule has 1 aliphatic heterocycles. The van der Waals surface area contributed by atoms with Crippen molar-refractivity contribution in [2.24, 2.45) is 0 Å². The maximum absolute atomic E-state index is 13.4. The zero-order chi connectivity index (χ0) is 20.0. The van der Waals surface area contributed by atoms with Crippen LogP contribution < -0.4 is 5.84 Å². The molecule has 30 heavy (non-hydrogen) atoms. The van der Waals surface area contributed by atoms with E-state index < -0.39 is 0 Å². The van der Waals surface area contributed by atoms with E-state index in [9.17, 15) is 4.79 Å². The van der Waals surface area contributed by atoms with E-state index in [0.717, 1.165) is 53.2 Å². The number of hydrogen-bond acceptors (Lipinski definition) is 3. The second kappa shape index (κ2) is 8.13. The maximum Gasteiger partial charge on any atom is 0.193 e. The molecular formula is C25H26ClN3O. The Morgan fingerprint density at radius 3 is 2.50 bits per heavy atom. The number of benzene rings is 3. The summed E-state index contributed by atoms with van der Waals surface area (Å²) < 4.78 is 1.70. The Balaban J connectivity index is 0.00000218. The highest BCUT2D eigenvalue weighted by Crippen LogP contribution is 2.34. The number of nitrogens with zero attached hydrogens (tertiary/aromatic N) is 2. The van der Waals surface area contributed by atoms with Crippen molar-refractivity contribution in [2.45, 2.75) is 18.8 Å². The lowest BCUT2D eigenvalue weighted by atomic mass is 9.88. The van der Waals surface area contributed by atoms with Gasteiger partial charge in [0.05, 0.1) is 5.52 Å². The van der Waals surface area contributed by atoms with Gasteiger partial charge in [0, 0.05) is 22.7 Å². The molecule has 0 spiro atoms. The van der Waals surface area contributed by atoms with E-state index in [0.29, 0.717) is 11.5 Å². The van der Waals surface area contributed by atoms with E-state index in [1.165, 1.54) is 5.56 Å². The molecule has 1 aromatic heterocycles. The van der Waals surface area contributed by atoms with Crippen molar-refractivity contribution in [3.63, 3.8) is 0 Å². The average Bonchev–Trinajstić information content (AvgIpc) is 3.09. The number of fused-ring (bicyclic) bond motifs is 2. The lowest BCUT2D eigenvalue weighted by Gasteiger charge is -2.28. The highest BCUT2D eigenvalue weighted by Gasteiger charge is 2.23. The third-order valence-electron chi connectivity index (χ3n) is 6.32. The highest BCUT2D eigenvalue weighted by molar-refractivity contribution is 6.17. The van der Waals surface area contributed by atoms with Crippen LogP contribution in [-0.4, -0.2) is 35.5 Å². The van der Waals surface area contributed by atoms with Crippen LogP contribution >= 0.6 is 12.4 Å². The minimum Gasteiger partial charge on any atom is -0.339 e. The first-order valence-electron chi connectivity index (χ1n) is 10.2. The number of halogens is 1. The van der Waals surface area contributed by atoms with Crippen LogP contribution in [0.4, 0.5) is 0 Å². The number of hydrogen-bond donors (Lipinski definition) is 1. The minimum absolute atomic E-state index is 0. The Morgan fingerprint density at radius 2 is 1.70 bits per heavy atom. The van der Waals surface area contributed by atoms with Crippen molar-refractivity contribution >= 4 is 39.9 Å². The molecule has 1 fully saturated rings. The lowest BCUT2D eigenvalue weighted by molar-refractivity contribution is 0.104. The summed E-state index contributed by atoms with van der Waals surface area (Å²) in [5.41, 5.74) is 3.71. The van der Waals surface area contributed by atoms with Gasteiger partial charge in [0.15, 0.2) is 5.78 Å². The van der Waals surface area contributed by atoms with E-state index in [1.54, 1.807) is 4.68 Å². The van der Waals surface area contributed by atoms with Crippen LogP contribution in [0.5, 0.6) is 0 Å². The van der Waals surface area contributed by atoms with Gasteiger partial charge in [-0.3, -0.25) is 9.47 Å². The molecule has 0 unspecified atom stereocenters. The molecule has 3 aromatic carbocycles. The summed E-state index contributed by atoms with van der Waals surface area (Å²) in [5, 5.41) is 3.18. The minimum atomic E-state index is 0. The second-order valence-electron chi connectivity index (χ2n) is 8.16. The molecular weight excluding hydrogens is 394 g/mol. The number of carbonyl (C=O) groups excluding carboxylic acids is 1. The first-order valence-corrected chi connectivity index (χ1v) is 10.2. The first-order chi connectivity index (χ1) is 14.1. The standard InChI is InChI=1S/C25H25N3O.ClH/c1-27-13-11-18(12-14-27)23-16-28(26)24-10-9-19(15-22(23)24)25(29)21-8-4-6-17-5-2-3-7-20(17)21;/h2-10,15-16,18H,11-14,26H2,1H3;1H. The van der Waals surface area contributed by atoms with Gasteiger partial charge in [0.2, 0.25) is 0 Å². The Morgan fingerprint density at radius 1 is 0.967 bits per heavy atom. The van der Waals surface area contributed by atoms with Crippen molar-refractivity contribution in [3.05, 3.63) is 83.6 Å². The summed E-state index contributed by atoms with van der Waals surface area (Å²) >= 11 is 0. The largest absolute Gasteiger partial charge is 0.339 e. The Labute approximate surface area is 182 Å². The molecule has 4 nitrogen and oxygen atoms in total. The fourth-order valence-electron chi connectivity index (χ4n) is 4.65.